The minimum absolute atomic E-state index is 0.895. The molecule has 0 fully saturated rings. The van der Waals surface area contributed by atoms with Crippen LogP contribution in [0.5, 0.6) is 0 Å². The van der Waals surface area contributed by atoms with Crippen molar-refractivity contribution in [3.63, 3.8) is 0 Å². The lowest BCUT2D eigenvalue weighted by Crippen LogP contribution is -1.96. The number of benzene rings is 11. The van der Waals surface area contributed by atoms with Gasteiger partial charge in [0.1, 0.15) is 11.2 Å². The highest BCUT2D eigenvalue weighted by Crippen LogP contribution is 2.52. The average molecular weight is 723 g/mol. The molecule has 0 aliphatic carbocycles. The first-order valence-corrected chi connectivity index (χ1v) is 19.7. The van der Waals surface area contributed by atoms with E-state index in [1.54, 1.807) is 0 Å². The minimum atomic E-state index is 0.895. The van der Waals surface area contributed by atoms with Gasteiger partial charge in [-0.15, -0.1) is 0 Å². The van der Waals surface area contributed by atoms with E-state index in [0.717, 1.165) is 33.1 Å². The van der Waals surface area contributed by atoms with Crippen molar-refractivity contribution in [2.75, 3.05) is 0 Å². The van der Waals surface area contributed by atoms with Crippen molar-refractivity contribution in [2.24, 2.45) is 0 Å². The molecule has 1 nitrogen and oxygen atoms in total. The third-order valence-corrected chi connectivity index (χ3v) is 12.0. The van der Waals surface area contributed by atoms with Gasteiger partial charge in [-0.05, 0) is 117 Å². The maximum Gasteiger partial charge on any atom is 0.136 e. The molecule has 0 amide bonds. The number of rotatable bonds is 4. The highest BCUT2D eigenvalue weighted by molar-refractivity contribution is 6.33. The Morgan fingerprint density at radius 2 is 0.667 bits per heavy atom. The highest BCUT2D eigenvalue weighted by Gasteiger charge is 2.25. The zero-order valence-corrected chi connectivity index (χ0v) is 31.0. The van der Waals surface area contributed by atoms with Crippen molar-refractivity contribution in [3.8, 4) is 44.5 Å². The van der Waals surface area contributed by atoms with Crippen molar-refractivity contribution < 1.29 is 4.42 Å². The van der Waals surface area contributed by atoms with Crippen LogP contribution in [0.15, 0.2) is 211 Å². The van der Waals surface area contributed by atoms with Gasteiger partial charge >= 0.3 is 0 Å². The van der Waals surface area contributed by atoms with Gasteiger partial charge in [-0.3, -0.25) is 0 Å². The van der Waals surface area contributed by atoms with E-state index in [-0.39, 0.29) is 0 Å². The molecule has 0 atom stereocenters. The third kappa shape index (κ3) is 4.76. The summed E-state index contributed by atoms with van der Waals surface area (Å²) < 4.78 is 6.52. The van der Waals surface area contributed by atoms with Gasteiger partial charge in [-0.25, -0.2) is 0 Å². The Labute approximate surface area is 329 Å². The van der Waals surface area contributed by atoms with E-state index in [1.165, 1.54) is 87.2 Å². The fourth-order valence-electron chi connectivity index (χ4n) is 9.64. The van der Waals surface area contributed by atoms with Crippen LogP contribution in [-0.2, 0) is 0 Å². The SMILES string of the molecule is c1ccc(-c2cc3oc4ccccc4c3cc2-c2c3ccccc3c(-c3c(-c4ccccc4)ccc4c5ccccc5c5ccccc5c34)c3ccccc23)cc1. The van der Waals surface area contributed by atoms with Gasteiger partial charge in [-0.2, -0.15) is 0 Å². The molecule has 1 heterocycles. The molecule has 0 aliphatic rings. The Morgan fingerprint density at radius 3 is 1.26 bits per heavy atom. The van der Waals surface area contributed by atoms with Crippen molar-refractivity contribution in [3.05, 3.63) is 206 Å². The fraction of sp³-hybridized carbons (Fsp3) is 0. The van der Waals surface area contributed by atoms with Gasteiger partial charge < -0.3 is 4.42 Å². The normalized spacial score (nSPS) is 11.9. The Kier molecular flexibility index (Phi) is 7.00. The van der Waals surface area contributed by atoms with Crippen LogP contribution >= 0.6 is 0 Å². The lowest BCUT2D eigenvalue weighted by Gasteiger charge is -2.23. The maximum atomic E-state index is 6.52. The monoisotopic (exact) mass is 722 g/mol. The van der Waals surface area contributed by atoms with Crippen LogP contribution in [0, 0.1) is 0 Å². The quantitative estimate of drug-likeness (QED) is 0.130. The first kappa shape index (κ1) is 31.8. The van der Waals surface area contributed by atoms with Crippen molar-refractivity contribution in [2.45, 2.75) is 0 Å². The topological polar surface area (TPSA) is 13.1 Å². The molecule has 0 saturated carbocycles. The molecular weight excluding hydrogens is 689 g/mol. The summed E-state index contributed by atoms with van der Waals surface area (Å²) >= 11 is 0. The van der Waals surface area contributed by atoms with E-state index >= 15 is 0 Å². The van der Waals surface area contributed by atoms with Crippen LogP contribution in [0.25, 0.3) is 120 Å². The van der Waals surface area contributed by atoms with Gasteiger partial charge in [0.05, 0.1) is 0 Å². The van der Waals surface area contributed by atoms with Crippen LogP contribution in [0.3, 0.4) is 0 Å². The second-order valence-corrected chi connectivity index (χ2v) is 15.1. The number of hydrogen-bond donors (Lipinski definition) is 0. The summed E-state index contributed by atoms with van der Waals surface area (Å²) in [6.07, 6.45) is 0. The van der Waals surface area contributed by atoms with E-state index < -0.39 is 0 Å². The van der Waals surface area contributed by atoms with E-state index in [4.69, 9.17) is 4.42 Å². The van der Waals surface area contributed by atoms with E-state index in [1.807, 2.05) is 6.07 Å². The van der Waals surface area contributed by atoms with E-state index in [2.05, 4.69) is 200 Å². The predicted octanol–water partition coefficient (Wildman–Crippen LogP) is 16.0. The number of furan rings is 1. The summed E-state index contributed by atoms with van der Waals surface area (Å²) in [6, 6.07) is 75.4. The molecule has 12 aromatic rings. The largest absolute Gasteiger partial charge is 0.456 e. The van der Waals surface area contributed by atoms with Crippen LogP contribution in [0.2, 0.25) is 0 Å². The summed E-state index contributed by atoms with van der Waals surface area (Å²) in [6.45, 7) is 0. The van der Waals surface area contributed by atoms with Crippen molar-refractivity contribution in [1.82, 2.24) is 0 Å². The Morgan fingerprint density at radius 1 is 0.228 bits per heavy atom. The molecule has 12 rings (SSSR count). The molecule has 0 spiro atoms. The van der Waals surface area contributed by atoms with Gasteiger partial charge in [0.15, 0.2) is 0 Å². The first-order valence-electron chi connectivity index (χ1n) is 19.7. The fourth-order valence-corrected chi connectivity index (χ4v) is 9.64. The molecule has 1 heteroatoms. The number of para-hydroxylation sites is 1. The Balaban J connectivity index is 1.30. The van der Waals surface area contributed by atoms with Gasteiger partial charge in [0.2, 0.25) is 0 Å². The summed E-state index contributed by atoms with van der Waals surface area (Å²) in [5, 5.41) is 14.8. The van der Waals surface area contributed by atoms with Crippen molar-refractivity contribution >= 4 is 75.8 Å². The zero-order chi connectivity index (χ0) is 37.5. The average Bonchev–Trinajstić information content (AvgIpc) is 3.65. The summed E-state index contributed by atoms with van der Waals surface area (Å²) in [5.74, 6) is 0. The molecule has 264 valence electrons. The zero-order valence-electron chi connectivity index (χ0n) is 31.0. The molecule has 0 aliphatic heterocycles. The first-order chi connectivity index (χ1) is 28.3. The molecule has 11 aromatic carbocycles. The summed E-state index contributed by atoms with van der Waals surface area (Å²) in [5.41, 5.74) is 11.5. The van der Waals surface area contributed by atoms with E-state index in [9.17, 15) is 0 Å². The van der Waals surface area contributed by atoms with E-state index in [0.29, 0.717) is 0 Å². The molecule has 57 heavy (non-hydrogen) atoms. The smallest absolute Gasteiger partial charge is 0.136 e. The van der Waals surface area contributed by atoms with Crippen LogP contribution in [0.1, 0.15) is 0 Å². The lowest BCUT2D eigenvalue weighted by molar-refractivity contribution is 0.669. The van der Waals surface area contributed by atoms with Gasteiger partial charge in [-0.1, -0.05) is 188 Å². The van der Waals surface area contributed by atoms with Gasteiger partial charge in [0.25, 0.3) is 0 Å². The molecule has 0 saturated heterocycles. The molecule has 0 N–H and O–H groups in total. The van der Waals surface area contributed by atoms with Crippen LogP contribution in [-0.4, -0.2) is 0 Å². The lowest BCUT2D eigenvalue weighted by atomic mass is 9.79. The molecule has 0 bridgehead atoms. The molecule has 0 unspecified atom stereocenters. The Hall–Kier alpha value is -7.48. The molecule has 0 radical (unpaired) electrons. The second-order valence-electron chi connectivity index (χ2n) is 15.1. The molecule has 1 aromatic heterocycles. The van der Waals surface area contributed by atoms with Crippen molar-refractivity contribution in [1.29, 1.82) is 0 Å². The number of fused-ring (bicyclic) bond motifs is 11. The predicted molar refractivity (Wildman–Crippen MR) is 243 cm³/mol. The van der Waals surface area contributed by atoms with Crippen LogP contribution < -0.4 is 0 Å². The standard InChI is InChI=1S/C56H34O/c1-3-17-35(18-4-1)37-31-32-47-40-23-8-7-21-38(40)39-22-9-10-25-42(39)54(47)56(37)55-45-28-13-11-26-43(45)53(44-27-12-14-29-46(44)55)50-33-49-41-24-15-16-30-51(41)57-52(49)34-48(50)36-19-5-2-6-20-36/h1-34H. The summed E-state index contributed by atoms with van der Waals surface area (Å²) in [7, 11) is 0. The minimum Gasteiger partial charge on any atom is -0.456 e. The van der Waals surface area contributed by atoms with Crippen LogP contribution in [0.4, 0.5) is 0 Å². The van der Waals surface area contributed by atoms with Gasteiger partial charge in [0, 0.05) is 10.8 Å². The Bertz CT molecular complexity index is 3460. The second kappa shape index (κ2) is 12.5. The highest BCUT2D eigenvalue weighted by atomic mass is 16.3. The molecular formula is C56H34O. The summed E-state index contributed by atoms with van der Waals surface area (Å²) in [4.78, 5) is 0. The maximum absolute atomic E-state index is 6.52. The number of hydrogen-bond acceptors (Lipinski definition) is 1. The third-order valence-electron chi connectivity index (χ3n) is 12.0.